The first kappa shape index (κ1) is 23.2. The van der Waals surface area contributed by atoms with Crippen LogP contribution >= 0.6 is 11.6 Å². The van der Waals surface area contributed by atoms with Gasteiger partial charge in [-0.15, -0.1) is 4.72 Å². The van der Waals surface area contributed by atoms with Gasteiger partial charge in [-0.3, -0.25) is 4.98 Å². The SMILES string of the molecule is CCCC[S@+]([O-])N[C@@H](Cc1cc(F)cc(Cl)c1)c1ncccc1-c1cccc(C#N)c1. The molecule has 0 saturated heterocycles. The zero-order chi connectivity index (χ0) is 22.2. The molecule has 2 aromatic carbocycles. The molecule has 0 fully saturated rings. The van der Waals surface area contributed by atoms with Gasteiger partial charge < -0.3 is 4.55 Å². The highest BCUT2D eigenvalue weighted by molar-refractivity contribution is 7.89. The van der Waals surface area contributed by atoms with Gasteiger partial charge in [0.1, 0.15) is 11.6 Å². The fourth-order valence-corrected chi connectivity index (χ4v) is 4.77. The molecule has 0 bridgehead atoms. The average molecular weight is 456 g/mol. The molecule has 0 spiro atoms. The Balaban J connectivity index is 2.01. The summed E-state index contributed by atoms with van der Waals surface area (Å²) in [6.07, 6.45) is 3.80. The van der Waals surface area contributed by atoms with E-state index in [1.165, 1.54) is 12.1 Å². The van der Waals surface area contributed by atoms with E-state index in [1.807, 2.05) is 31.2 Å². The summed E-state index contributed by atoms with van der Waals surface area (Å²) in [4.78, 5) is 4.58. The van der Waals surface area contributed by atoms with E-state index < -0.39 is 23.2 Å². The van der Waals surface area contributed by atoms with E-state index in [1.54, 1.807) is 24.4 Å². The van der Waals surface area contributed by atoms with Crippen molar-refractivity contribution < 1.29 is 8.94 Å². The molecular formula is C24H23ClFN3OS. The van der Waals surface area contributed by atoms with Crippen molar-refractivity contribution >= 4 is 23.0 Å². The van der Waals surface area contributed by atoms with Gasteiger partial charge in [-0.1, -0.05) is 43.1 Å². The zero-order valence-electron chi connectivity index (χ0n) is 17.1. The average Bonchev–Trinajstić information content (AvgIpc) is 2.76. The van der Waals surface area contributed by atoms with Gasteiger partial charge in [-0.25, -0.2) is 4.39 Å². The molecule has 3 aromatic rings. The number of rotatable bonds is 9. The highest BCUT2D eigenvalue weighted by Gasteiger charge is 2.24. The third-order valence-corrected chi connectivity index (χ3v) is 6.22. The number of unbranched alkanes of at least 4 members (excludes halogenated alkanes) is 1. The van der Waals surface area contributed by atoms with Gasteiger partial charge in [0, 0.05) is 28.1 Å². The summed E-state index contributed by atoms with van der Waals surface area (Å²) >= 11 is 4.77. The molecule has 0 amide bonds. The lowest BCUT2D eigenvalue weighted by molar-refractivity contribution is 0.546. The second kappa shape index (κ2) is 11.3. The van der Waals surface area contributed by atoms with Crippen LogP contribution in [-0.4, -0.2) is 15.3 Å². The van der Waals surface area contributed by atoms with Gasteiger partial charge in [0.15, 0.2) is 0 Å². The number of aromatic nitrogens is 1. The topological polar surface area (TPSA) is 71.8 Å². The maximum Gasteiger partial charge on any atom is 0.125 e. The van der Waals surface area contributed by atoms with Crippen molar-refractivity contribution in [2.45, 2.75) is 32.2 Å². The second-order valence-corrected chi connectivity index (χ2v) is 8.96. The molecule has 4 nitrogen and oxygen atoms in total. The first-order valence-corrected chi connectivity index (χ1v) is 11.7. The Kier molecular flexibility index (Phi) is 8.44. The van der Waals surface area contributed by atoms with Gasteiger partial charge in [-0.2, -0.15) is 5.26 Å². The monoisotopic (exact) mass is 455 g/mol. The molecule has 0 saturated carbocycles. The first-order valence-electron chi connectivity index (χ1n) is 10.0. The largest absolute Gasteiger partial charge is 0.598 e. The molecule has 0 aliphatic carbocycles. The Morgan fingerprint density at radius 3 is 2.81 bits per heavy atom. The molecule has 1 N–H and O–H groups in total. The van der Waals surface area contributed by atoms with E-state index in [4.69, 9.17) is 11.6 Å². The summed E-state index contributed by atoms with van der Waals surface area (Å²) in [5, 5.41) is 9.58. The van der Waals surface area contributed by atoms with Gasteiger partial charge in [0.05, 0.1) is 23.4 Å². The minimum Gasteiger partial charge on any atom is -0.598 e. The van der Waals surface area contributed by atoms with E-state index in [2.05, 4.69) is 15.8 Å². The third-order valence-electron chi connectivity index (χ3n) is 4.79. The summed E-state index contributed by atoms with van der Waals surface area (Å²) in [5.41, 5.74) is 3.57. The number of hydrogen-bond donors (Lipinski definition) is 1. The van der Waals surface area contributed by atoms with E-state index in [-0.39, 0.29) is 0 Å². The van der Waals surface area contributed by atoms with E-state index in [9.17, 15) is 14.2 Å². The van der Waals surface area contributed by atoms with E-state index >= 15 is 0 Å². The lowest BCUT2D eigenvalue weighted by Gasteiger charge is -2.22. The van der Waals surface area contributed by atoms with Crippen LogP contribution in [0.3, 0.4) is 0 Å². The van der Waals surface area contributed by atoms with Crippen LogP contribution in [0.15, 0.2) is 60.8 Å². The summed E-state index contributed by atoms with van der Waals surface area (Å²) in [7, 11) is 0. The Hall–Kier alpha value is -2.43. The van der Waals surface area contributed by atoms with Crippen molar-refractivity contribution in [3.8, 4) is 17.2 Å². The van der Waals surface area contributed by atoms with Crippen molar-refractivity contribution in [2.75, 3.05) is 5.75 Å². The highest BCUT2D eigenvalue weighted by atomic mass is 35.5. The number of nitrogens with zero attached hydrogens (tertiary/aromatic N) is 2. The number of halogens is 2. The molecule has 1 heterocycles. The number of hydrogen-bond acceptors (Lipinski definition) is 4. The predicted molar refractivity (Wildman–Crippen MR) is 123 cm³/mol. The number of pyridine rings is 1. The van der Waals surface area contributed by atoms with Crippen LogP contribution in [0, 0.1) is 17.1 Å². The number of benzene rings is 2. The van der Waals surface area contributed by atoms with Crippen molar-refractivity contribution in [1.82, 2.24) is 9.71 Å². The fraction of sp³-hybridized carbons (Fsp3) is 0.250. The summed E-state index contributed by atoms with van der Waals surface area (Å²) in [5.74, 6) is 0.0968. The van der Waals surface area contributed by atoms with Crippen LogP contribution in [0.5, 0.6) is 0 Å². The van der Waals surface area contributed by atoms with Crippen LogP contribution in [0.25, 0.3) is 11.1 Å². The number of nitriles is 1. The molecule has 0 aliphatic rings. The maximum atomic E-state index is 13.9. The van der Waals surface area contributed by atoms with Crippen LogP contribution < -0.4 is 4.72 Å². The van der Waals surface area contributed by atoms with Gasteiger partial charge in [0.25, 0.3) is 0 Å². The molecule has 0 unspecified atom stereocenters. The zero-order valence-corrected chi connectivity index (χ0v) is 18.7. The van der Waals surface area contributed by atoms with Crippen molar-refractivity contribution in [3.05, 3.63) is 88.5 Å². The van der Waals surface area contributed by atoms with Crippen molar-refractivity contribution in [2.24, 2.45) is 0 Å². The second-order valence-electron chi connectivity index (χ2n) is 7.18. The molecule has 3 rings (SSSR count). The minimum absolute atomic E-state index is 0.309. The summed E-state index contributed by atoms with van der Waals surface area (Å²) < 4.78 is 29.8. The molecule has 160 valence electrons. The Labute approximate surface area is 190 Å². The Morgan fingerprint density at radius 1 is 1.23 bits per heavy atom. The minimum atomic E-state index is -1.27. The van der Waals surface area contributed by atoms with Crippen molar-refractivity contribution in [3.63, 3.8) is 0 Å². The Morgan fingerprint density at radius 2 is 2.06 bits per heavy atom. The third kappa shape index (κ3) is 6.52. The van der Waals surface area contributed by atoms with Crippen LogP contribution in [0.1, 0.15) is 42.6 Å². The lowest BCUT2D eigenvalue weighted by Crippen LogP contribution is -2.33. The Bertz CT molecular complexity index is 1050. The molecule has 31 heavy (non-hydrogen) atoms. The maximum absolute atomic E-state index is 13.9. The molecule has 1 aromatic heterocycles. The quantitative estimate of drug-likeness (QED) is 0.417. The molecular weight excluding hydrogens is 433 g/mol. The van der Waals surface area contributed by atoms with Gasteiger partial charge in [-0.05, 0) is 60.4 Å². The van der Waals surface area contributed by atoms with E-state index in [0.717, 1.165) is 24.0 Å². The van der Waals surface area contributed by atoms with Crippen LogP contribution in [-0.2, 0) is 17.8 Å². The van der Waals surface area contributed by atoms with Gasteiger partial charge in [0.2, 0.25) is 0 Å². The van der Waals surface area contributed by atoms with Crippen molar-refractivity contribution in [1.29, 1.82) is 5.26 Å². The molecule has 7 heteroatoms. The first-order chi connectivity index (χ1) is 15.0. The predicted octanol–water partition coefficient (Wildman–Crippen LogP) is 5.75. The summed E-state index contributed by atoms with van der Waals surface area (Å²) in [6.45, 7) is 2.04. The number of nitrogens with one attached hydrogen (secondary N) is 1. The molecule has 0 aliphatic heterocycles. The standard InChI is InChI=1S/C24H23ClFN3OS/c1-2-3-10-31(30)29-23(14-18-12-20(25)15-21(26)13-18)24-22(8-5-9-28-24)19-7-4-6-17(11-19)16-27/h4-9,11-13,15,23,29H,2-3,10,14H2,1H3/t23-,31-/m0/s1. The smallest absolute Gasteiger partial charge is 0.125 e. The van der Waals surface area contributed by atoms with Crippen LogP contribution in [0.4, 0.5) is 4.39 Å². The molecule has 0 radical (unpaired) electrons. The van der Waals surface area contributed by atoms with Crippen LogP contribution in [0.2, 0.25) is 5.02 Å². The highest BCUT2D eigenvalue weighted by Crippen LogP contribution is 2.30. The van der Waals surface area contributed by atoms with Gasteiger partial charge >= 0.3 is 0 Å². The lowest BCUT2D eigenvalue weighted by atomic mass is 9.95. The van der Waals surface area contributed by atoms with E-state index in [0.29, 0.717) is 34.0 Å². The normalized spacial score (nSPS) is 12.9. The molecule has 2 atom stereocenters. The summed E-state index contributed by atoms with van der Waals surface area (Å²) in [6, 6.07) is 17.1. The fourth-order valence-electron chi connectivity index (χ4n) is 3.35.